The molecule has 0 fully saturated rings. The molecule has 0 spiro atoms. The topological polar surface area (TPSA) is 64.6 Å². The van der Waals surface area contributed by atoms with Gasteiger partial charge in [-0.3, -0.25) is 0 Å². The van der Waals surface area contributed by atoms with Gasteiger partial charge in [-0.1, -0.05) is 0 Å². The Balaban J connectivity index is 3.35. The maximum Gasteiger partial charge on any atom is 0.242 e. The first-order chi connectivity index (χ1) is 8.60. The summed E-state index contributed by atoms with van der Waals surface area (Å²) in [4.78, 5) is 0.111. The molecule has 0 bridgehead atoms. The van der Waals surface area contributed by atoms with Gasteiger partial charge in [0, 0.05) is 16.1 Å². The third-order valence-electron chi connectivity index (χ3n) is 2.17. The van der Waals surface area contributed by atoms with Gasteiger partial charge in [0.2, 0.25) is 10.0 Å². The molecule has 0 heterocycles. The number of benzene rings is 1. The van der Waals surface area contributed by atoms with Gasteiger partial charge in [-0.25, -0.2) is 13.1 Å². The van der Waals surface area contributed by atoms with E-state index >= 15 is 0 Å². The maximum absolute atomic E-state index is 12.3. The van der Waals surface area contributed by atoms with Crippen molar-refractivity contribution in [2.24, 2.45) is 0 Å². The maximum atomic E-state index is 12.3. The van der Waals surface area contributed by atoms with Gasteiger partial charge in [0.1, 0.15) is 4.90 Å². The van der Waals surface area contributed by atoms with Gasteiger partial charge < -0.3 is 9.47 Å². The van der Waals surface area contributed by atoms with Gasteiger partial charge in [0.05, 0.1) is 14.2 Å². The van der Waals surface area contributed by atoms with Crippen molar-refractivity contribution in [2.75, 3.05) is 14.2 Å². The lowest BCUT2D eigenvalue weighted by Gasteiger charge is -2.21. The zero-order chi connectivity index (χ0) is 14.8. The number of sulfonamides is 1. The Hall–Kier alpha value is -0.790. The van der Waals surface area contributed by atoms with Crippen LogP contribution in [0.4, 0.5) is 0 Å². The van der Waals surface area contributed by atoms with Crippen molar-refractivity contribution in [1.29, 1.82) is 0 Å². The van der Waals surface area contributed by atoms with Crippen molar-refractivity contribution < 1.29 is 17.9 Å². The quantitative estimate of drug-likeness (QED) is 0.905. The van der Waals surface area contributed by atoms with Crippen LogP contribution in [-0.4, -0.2) is 28.2 Å². The predicted octanol–water partition coefficient (Wildman–Crippen LogP) is 2.54. The van der Waals surface area contributed by atoms with Gasteiger partial charge in [0.25, 0.3) is 0 Å². The number of methoxy groups -OCH3 is 2. The Morgan fingerprint density at radius 3 is 2.00 bits per heavy atom. The van der Waals surface area contributed by atoms with E-state index in [1.165, 1.54) is 20.3 Å². The summed E-state index contributed by atoms with van der Waals surface area (Å²) in [5, 5.41) is 0. The van der Waals surface area contributed by atoms with Crippen molar-refractivity contribution in [2.45, 2.75) is 31.2 Å². The van der Waals surface area contributed by atoms with Crippen LogP contribution >= 0.6 is 15.9 Å². The minimum Gasteiger partial charge on any atom is -0.493 e. The van der Waals surface area contributed by atoms with Crippen LogP contribution < -0.4 is 14.2 Å². The fraction of sp³-hybridized carbons (Fsp3) is 0.500. The molecule has 108 valence electrons. The molecular weight excluding hydrogens is 334 g/mol. The summed E-state index contributed by atoms with van der Waals surface area (Å²) in [7, 11) is -0.689. The molecule has 0 aliphatic rings. The molecular formula is C12H18BrNO4S. The van der Waals surface area contributed by atoms with Crippen molar-refractivity contribution in [3.05, 3.63) is 16.6 Å². The summed E-state index contributed by atoms with van der Waals surface area (Å²) in [6.07, 6.45) is 0. The number of rotatable bonds is 4. The van der Waals surface area contributed by atoms with Crippen LogP contribution in [0.15, 0.2) is 21.5 Å². The lowest BCUT2D eigenvalue weighted by Crippen LogP contribution is -2.40. The summed E-state index contributed by atoms with van der Waals surface area (Å²) in [5.74, 6) is 0.823. The predicted molar refractivity (Wildman–Crippen MR) is 77.3 cm³/mol. The molecule has 0 radical (unpaired) electrons. The van der Waals surface area contributed by atoms with E-state index in [1.807, 2.05) is 0 Å². The minimum atomic E-state index is -3.64. The van der Waals surface area contributed by atoms with E-state index in [2.05, 4.69) is 20.7 Å². The number of nitrogens with one attached hydrogen (secondary N) is 1. The average molecular weight is 352 g/mol. The van der Waals surface area contributed by atoms with Crippen LogP contribution in [0.2, 0.25) is 0 Å². The molecule has 0 aliphatic carbocycles. The zero-order valence-corrected chi connectivity index (χ0v) is 14.0. The van der Waals surface area contributed by atoms with E-state index in [0.717, 1.165) is 0 Å². The highest BCUT2D eigenvalue weighted by atomic mass is 79.9. The molecule has 0 aliphatic heterocycles. The smallest absolute Gasteiger partial charge is 0.242 e. The first-order valence-corrected chi connectivity index (χ1v) is 7.84. The molecule has 0 amide bonds. The Morgan fingerprint density at radius 1 is 1.11 bits per heavy atom. The van der Waals surface area contributed by atoms with Crippen molar-refractivity contribution in [3.8, 4) is 11.5 Å². The van der Waals surface area contributed by atoms with Gasteiger partial charge in [-0.2, -0.15) is 0 Å². The van der Waals surface area contributed by atoms with Crippen molar-refractivity contribution in [3.63, 3.8) is 0 Å². The Labute approximate surface area is 122 Å². The van der Waals surface area contributed by atoms with Crippen LogP contribution in [0.5, 0.6) is 11.5 Å². The molecule has 0 saturated carbocycles. The lowest BCUT2D eigenvalue weighted by atomic mass is 10.1. The fourth-order valence-corrected chi connectivity index (χ4v) is 3.96. The molecule has 1 N–H and O–H groups in total. The monoisotopic (exact) mass is 351 g/mol. The highest BCUT2D eigenvalue weighted by Gasteiger charge is 2.25. The van der Waals surface area contributed by atoms with Crippen LogP contribution in [0.25, 0.3) is 0 Å². The van der Waals surface area contributed by atoms with E-state index in [0.29, 0.717) is 16.0 Å². The number of halogens is 1. The Bertz CT molecular complexity index is 564. The van der Waals surface area contributed by atoms with Crippen LogP contribution in [0, 0.1) is 0 Å². The van der Waals surface area contributed by atoms with E-state index in [9.17, 15) is 8.42 Å². The molecule has 7 heteroatoms. The Morgan fingerprint density at radius 2 is 1.58 bits per heavy atom. The Kier molecular flexibility index (Phi) is 4.86. The summed E-state index contributed by atoms with van der Waals surface area (Å²) >= 11 is 3.24. The molecule has 19 heavy (non-hydrogen) atoms. The number of ether oxygens (including phenoxy) is 2. The second kappa shape index (κ2) is 5.68. The molecule has 1 aromatic rings. The van der Waals surface area contributed by atoms with Crippen LogP contribution in [-0.2, 0) is 10.0 Å². The zero-order valence-electron chi connectivity index (χ0n) is 11.6. The second-order valence-electron chi connectivity index (χ2n) is 4.99. The molecule has 1 aromatic carbocycles. The molecule has 0 aromatic heterocycles. The molecule has 0 saturated heterocycles. The minimum absolute atomic E-state index is 0.111. The third kappa shape index (κ3) is 4.09. The van der Waals surface area contributed by atoms with E-state index in [-0.39, 0.29) is 4.90 Å². The molecule has 1 rings (SSSR count). The summed E-state index contributed by atoms with van der Waals surface area (Å²) in [5.41, 5.74) is -0.564. The van der Waals surface area contributed by atoms with Gasteiger partial charge in [0.15, 0.2) is 11.5 Å². The number of hydrogen-bond donors (Lipinski definition) is 1. The van der Waals surface area contributed by atoms with Gasteiger partial charge in [-0.05, 0) is 42.8 Å². The second-order valence-corrected chi connectivity index (χ2v) is 7.50. The summed E-state index contributed by atoms with van der Waals surface area (Å²) in [6, 6.07) is 2.99. The molecule has 5 nitrogen and oxygen atoms in total. The SMILES string of the molecule is COc1cc(Br)c(S(=O)(=O)NC(C)(C)C)cc1OC. The normalized spacial score (nSPS) is 12.3. The summed E-state index contributed by atoms with van der Waals surface area (Å²) < 4.78 is 37.8. The highest BCUT2D eigenvalue weighted by molar-refractivity contribution is 9.10. The lowest BCUT2D eigenvalue weighted by molar-refractivity contribution is 0.353. The molecule has 0 atom stereocenters. The van der Waals surface area contributed by atoms with Crippen LogP contribution in [0.3, 0.4) is 0 Å². The number of hydrogen-bond acceptors (Lipinski definition) is 4. The average Bonchev–Trinajstić information content (AvgIpc) is 2.24. The van der Waals surface area contributed by atoms with E-state index < -0.39 is 15.6 Å². The highest BCUT2D eigenvalue weighted by Crippen LogP contribution is 2.35. The van der Waals surface area contributed by atoms with E-state index in [1.54, 1.807) is 26.8 Å². The van der Waals surface area contributed by atoms with E-state index in [4.69, 9.17) is 9.47 Å². The first-order valence-electron chi connectivity index (χ1n) is 5.56. The van der Waals surface area contributed by atoms with Gasteiger partial charge in [-0.15, -0.1) is 0 Å². The van der Waals surface area contributed by atoms with Crippen LogP contribution in [0.1, 0.15) is 20.8 Å². The third-order valence-corrected chi connectivity index (χ3v) is 4.88. The van der Waals surface area contributed by atoms with Crippen molar-refractivity contribution in [1.82, 2.24) is 4.72 Å². The largest absolute Gasteiger partial charge is 0.493 e. The standard InChI is InChI=1S/C12H18BrNO4S/c1-12(2,3)14-19(15,16)11-7-10(18-5)9(17-4)6-8(11)13/h6-7,14H,1-5H3. The van der Waals surface area contributed by atoms with Crippen molar-refractivity contribution >= 4 is 26.0 Å². The van der Waals surface area contributed by atoms with Gasteiger partial charge >= 0.3 is 0 Å². The molecule has 0 unspecified atom stereocenters. The summed E-state index contributed by atoms with van der Waals surface area (Å²) in [6.45, 7) is 5.33. The fourth-order valence-electron chi connectivity index (χ4n) is 1.50. The first kappa shape index (κ1) is 16.3.